The molecule has 1 atom stereocenters. The largest absolute Gasteiger partial charge is 0.377 e. The Morgan fingerprint density at radius 1 is 0.783 bits per heavy atom. The molecule has 0 rings (SSSR count). The highest BCUT2D eigenvalue weighted by molar-refractivity contribution is 5.05. The quantitative estimate of drug-likeness (QED) is 0.209. The lowest BCUT2D eigenvalue weighted by molar-refractivity contribution is 0.280. The predicted octanol–water partition coefficient (Wildman–Crippen LogP) is 6.43. The van der Waals surface area contributed by atoms with Crippen molar-refractivity contribution in [2.45, 2.75) is 97.0 Å². The minimum absolute atomic E-state index is 0.710. The Bertz CT molecular complexity index is 332. The molecule has 0 aromatic carbocycles. The molecule has 0 bridgehead atoms. The van der Waals surface area contributed by atoms with Crippen molar-refractivity contribution in [2.24, 2.45) is 5.92 Å². The van der Waals surface area contributed by atoms with Gasteiger partial charge in [-0.1, -0.05) is 76.5 Å². The highest BCUT2D eigenvalue weighted by Gasteiger charge is 1.93. The first kappa shape index (κ1) is 22.0. The van der Waals surface area contributed by atoms with E-state index in [4.69, 9.17) is 11.5 Å². The molecule has 132 valence electrons. The first-order chi connectivity index (χ1) is 11.2. The van der Waals surface area contributed by atoms with E-state index in [1.54, 1.807) is 6.08 Å². The second kappa shape index (κ2) is 17.4. The van der Waals surface area contributed by atoms with Crippen LogP contribution in [0.4, 0.5) is 0 Å². The van der Waals surface area contributed by atoms with Crippen LogP contribution in [-0.4, -0.2) is 11.2 Å². The summed E-state index contributed by atoms with van der Waals surface area (Å²) < 4.78 is 0. The standard InChI is InChI=1S/C22H38O/c1-4-22(23)20-18-16-14-12-10-8-6-5-7-9-11-13-15-17-19-21(2)3/h1,9,11,18,20-23H,5-8,10,12-17,19H2,2-3H3. The minimum atomic E-state index is -0.710. The zero-order valence-corrected chi connectivity index (χ0v) is 15.5. The smallest absolute Gasteiger partial charge is 0.133 e. The van der Waals surface area contributed by atoms with Gasteiger partial charge >= 0.3 is 0 Å². The normalized spacial score (nSPS) is 13.2. The summed E-state index contributed by atoms with van der Waals surface area (Å²) in [5.41, 5.74) is 0. The first-order valence-corrected chi connectivity index (χ1v) is 9.62. The molecule has 0 spiro atoms. The summed E-state index contributed by atoms with van der Waals surface area (Å²) in [5, 5.41) is 9.16. The number of rotatable bonds is 15. The molecule has 23 heavy (non-hydrogen) atoms. The zero-order valence-electron chi connectivity index (χ0n) is 15.5. The van der Waals surface area contributed by atoms with E-state index >= 15 is 0 Å². The number of unbranched alkanes of at least 4 members (excludes halogenated alkanes) is 9. The molecule has 0 saturated carbocycles. The fourth-order valence-corrected chi connectivity index (χ4v) is 2.56. The Kier molecular flexibility index (Phi) is 16.6. The van der Waals surface area contributed by atoms with E-state index in [2.05, 4.69) is 31.9 Å². The third kappa shape index (κ3) is 19.0. The number of hydrogen-bond donors (Lipinski definition) is 1. The number of terminal acetylenes is 1. The average Bonchev–Trinajstić information content (AvgIpc) is 2.53. The average molecular weight is 319 g/mol. The molecule has 0 aliphatic rings. The molecule has 1 heteroatoms. The molecule has 0 radical (unpaired) electrons. The highest BCUT2D eigenvalue weighted by Crippen LogP contribution is 2.11. The van der Waals surface area contributed by atoms with Crippen molar-refractivity contribution < 1.29 is 5.11 Å². The number of aliphatic hydroxyl groups excluding tert-OH is 1. The fourth-order valence-electron chi connectivity index (χ4n) is 2.56. The van der Waals surface area contributed by atoms with Crippen LogP contribution in [0.5, 0.6) is 0 Å². The van der Waals surface area contributed by atoms with Crippen LogP contribution >= 0.6 is 0 Å². The van der Waals surface area contributed by atoms with Crippen molar-refractivity contribution in [1.82, 2.24) is 0 Å². The van der Waals surface area contributed by atoms with Crippen LogP contribution in [-0.2, 0) is 0 Å². The van der Waals surface area contributed by atoms with Gasteiger partial charge in [-0.25, -0.2) is 0 Å². The van der Waals surface area contributed by atoms with E-state index in [0.717, 1.165) is 12.3 Å². The van der Waals surface area contributed by atoms with Crippen LogP contribution in [0.2, 0.25) is 0 Å². The van der Waals surface area contributed by atoms with Crippen LogP contribution in [0.1, 0.15) is 90.9 Å². The highest BCUT2D eigenvalue weighted by atomic mass is 16.3. The maximum absolute atomic E-state index is 9.16. The topological polar surface area (TPSA) is 20.2 Å². The molecule has 0 aromatic rings. The number of allylic oxidation sites excluding steroid dienone is 3. The number of aliphatic hydroxyl groups is 1. The summed E-state index contributed by atoms with van der Waals surface area (Å²) in [4.78, 5) is 0. The van der Waals surface area contributed by atoms with Gasteiger partial charge in [0, 0.05) is 0 Å². The lowest BCUT2D eigenvalue weighted by atomic mass is 10.0. The van der Waals surface area contributed by atoms with Gasteiger partial charge in [0.2, 0.25) is 0 Å². The third-order valence-corrected chi connectivity index (χ3v) is 4.05. The van der Waals surface area contributed by atoms with E-state index in [-0.39, 0.29) is 0 Å². The Morgan fingerprint density at radius 2 is 1.26 bits per heavy atom. The number of hydrogen-bond acceptors (Lipinski definition) is 1. The van der Waals surface area contributed by atoms with Crippen molar-refractivity contribution >= 4 is 0 Å². The van der Waals surface area contributed by atoms with Gasteiger partial charge in [-0.05, 0) is 50.5 Å². The van der Waals surface area contributed by atoms with Gasteiger partial charge in [0.15, 0.2) is 0 Å². The van der Waals surface area contributed by atoms with Gasteiger partial charge in [-0.3, -0.25) is 0 Å². The Morgan fingerprint density at radius 3 is 1.78 bits per heavy atom. The van der Waals surface area contributed by atoms with Gasteiger partial charge in [0.1, 0.15) is 6.10 Å². The summed E-state index contributed by atoms with van der Waals surface area (Å²) >= 11 is 0. The molecule has 0 aliphatic carbocycles. The molecule has 1 nitrogen and oxygen atoms in total. The van der Waals surface area contributed by atoms with Gasteiger partial charge < -0.3 is 5.11 Å². The Balaban J connectivity index is 3.19. The molecule has 1 N–H and O–H groups in total. The van der Waals surface area contributed by atoms with E-state index in [9.17, 15) is 0 Å². The Hall–Kier alpha value is -1.00. The molecule has 0 heterocycles. The molecular formula is C22H38O. The van der Waals surface area contributed by atoms with Gasteiger partial charge in [-0.2, -0.15) is 0 Å². The maximum Gasteiger partial charge on any atom is 0.133 e. The lowest BCUT2D eigenvalue weighted by Crippen LogP contribution is -1.95. The SMILES string of the molecule is C#CC(O)C=CCCCCCCCCC=CCCCCC(C)C. The van der Waals surface area contributed by atoms with Crippen LogP contribution in [0.25, 0.3) is 0 Å². The van der Waals surface area contributed by atoms with Crippen molar-refractivity contribution in [3.63, 3.8) is 0 Å². The first-order valence-electron chi connectivity index (χ1n) is 9.62. The fraction of sp³-hybridized carbons (Fsp3) is 0.727. The van der Waals surface area contributed by atoms with Crippen molar-refractivity contribution in [1.29, 1.82) is 0 Å². The van der Waals surface area contributed by atoms with E-state index in [0.29, 0.717) is 0 Å². The van der Waals surface area contributed by atoms with Crippen LogP contribution in [0, 0.1) is 18.3 Å². The minimum Gasteiger partial charge on any atom is -0.377 e. The third-order valence-electron chi connectivity index (χ3n) is 4.05. The Labute approximate surface area is 145 Å². The van der Waals surface area contributed by atoms with Crippen LogP contribution in [0.15, 0.2) is 24.3 Å². The molecule has 1 unspecified atom stereocenters. The molecule has 0 aromatic heterocycles. The van der Waals surface area contributed by atoms with E-state index < -0.39 is 6.10 Å². The lowest BCUT2D eigenvalue weighted by Gasteiger charge is -2.02. The van der Waals surface area contributed by atoms with E-state index in [1.165, 1.54) is 70.6 Å². The van der Waals surface area contributed by atoms with Crippen molar-refractivity contribution in [2.75, 3.05) is 0 Å². The second-order valence-corrected chi connectivity index (χ2v) is 6.89. The van der Waals surface area contributed by atoms with Crippen molar-refractivity contribution in [3.05, 3.63) is 24.3 Å². The van der Waals surface area contributed by atoms with Crippen molar-refractivity contribution in [3.8, 4) is 12.3 Å². The summed E-state index contributed by atoms with van der Waals surface area (Å²) in [6.07, 6.45) is 28.3. The monoisotopic (exact) mass is 318 g/mol. The van der Waals surface area contributed by atoms with Gasteiger partial charge in [0.25, 0.3) is 0 Å². The molecule has 0 amide bonds. The maximum atomic E-state index is 9.16. The molecule has 0 saturated heterocycles. The summed E-state index contributed by atoms with van der Waals surface area (Å²) in [7, 11) is 0. The summed E-state index contributed by atoms with van der Waals surface area (Å²) in [6.45, 7) is 4.60. The van der Waals surface area contributed by atoms with E-state index in [1.807, 2.05) is 6.08 Å². The molecule has 0 aliphatic heterocycles. The summed E-state index contributed by atoms with van der Waals surface area (Å²) in [5.74, 6) is 3.13. The predicted molar refractivity (Wildman–Crippen MR) is 103 cm³/mol. The van der Waals surface area contributed by atoms with Gasteiger partial charge in [0.05, 0.1) is 0 Å². The molecular weight excluding hydrogens is 280 g/mol. The van der Waals surface area contributed by atoms with Crippen LogP contribution in [0.3, 0.4) is 0 Å². The zero-order chi connectivity index (χ0) is 17.2. The van der Waals surface area contributed by atoms with Crippen LogP contribution < -0.4 is 0 Å². The second-order valence-electron chi connectivity index (χ2n) is 6.89. The summed E-state index contributed by atoms with van der Waals surface area (Å²) in [6, 6.07) is 0. The molecule has 0 fully saturated rings. The van der Waals surface area contributed by atoms with Gasteiger partial charge in [-0.15, -0.1) is 6.42 Å².